The minimum absolute atomic E-state index is 0.0683. The molecule has 0 N–H and O–H groups in total. The number of aryl methyl sites for hydroxylation is 1. The van der Waals surface area contributed by atoms with Crippen LogP contribution >= 0.6 is 22.9 Å². The summed E-state index contributed by atoms with van der Waals surface area (Å²) in [7, 11) is -3.42. The molecule has 0 unspecified atom stereocenters. The highest BCUT2D eigenvalue weighted by Crippen LogP contribution is 2.34. The van der Waals surface area contributed by atoms with E-state index in [-0.39, 0.29) is 29.4 Å². The van der Waals surface area contributed by atoms with Crippen LogP contribution in [0.5, 0.6) is 0 Å². The Kier molecular flexibility index (Phi) is 8.87. The maximum Gasteiger partial charge on any atom is 0.228 e. The predicted octanol–water partition coefficient (Wildman–Crippen LogP) is 5.19. The third-order valence-electron chi connectivity index (χ3n) is 5.71. The van der Waals surface area contributed by atoms with Crippen LogP contribution in [0.25, 0.3) is 10.2 Å². The highest BCUT2D eigenvalue weighted by Gasteiger charge is 2.22. The molecule has 1 amide bonds. The normalized spacial score (nSPS) is 11.9. The minimum atomic E-state index is -3.42. The number of benzene rings is 2. The van der Waals surface area contributed by atoms with Crippen LogP contribution in [0.15, 0.2) is 47.4 Å². The minimum Gasteiger partial charge on any atom is -0.302 e. The largest absolute Gasteiger partial charge is 0.302 e. The third kappa shape index (κ3) is 6.32. The number of hydrogen-bond donors (Lipinski definition) is 0. The van der Waals surface area contributed by atoms with Gasteiger partial charge in [-0.2, -0.15) is 0 Å². The summed E-state index contributed by atoms with van der Waals surface area (Å²) in [5.41, 5.74) is 1.69. The first-order valence-electron chi connectivity index (χ1n) is 11.1. The van der Waals surface area contributed by atoms with Crippen molar-refractivity contribution in [3.8, 4) is 0 Å². The van der Waals surface area contributed by atoms with Gasteiger partial charge >= 0.3 is 0 Å². The SMILES string of the molecule is CCN(CC)CCN(C(=O)CCCS(=O)(=O)c1ccccc1)c1nc2c(C)c(Cl)ccc2s1. The second kappa shape index (κ2) is 11.4. The molecular formula is C24H30ClN3O3S2. The molecule has 0 saturated carbocycles. The number of aromatic nitrogens is 1. The van der Waals surface area contributed by atoms with E-state index in [0.29, 0.717) is 16.7 Å². The van der Waals surface area contributed by atoms with Gasteiger partial charge in [0, 0.05) is 24.5 Å². The summed E-state index contributed by atoms with van der Waals surface area (Å²) >= 11 is 7.72. The van der Waals surface area contributed by atoms with Crippen molar-refractivity contribution in [1.29, 1.82) is 0 Å². The van der Waals surface area contributed by atoms with Gasteiger partial charge in [-0.25, -0.2) is 13.4 Å². The molecule has 0 atom stereocenters. The molecule has 0 spiro atoms. The zero-order chi connectivity index (χ0) is 24.0. The van der Waals surface area contributed by atoms with E-state index < -0.39 is 9.84 Å². The van der Waals surface area contributed by atoms with Gasteiger partial charge in [-0.15, -0.1) is 0 Å². The van der Waals surface area contributed by atoms with Crippen molar-refractivity contribution < 1.29 is 13.2 Å². The number of carbonyl (C=O) groups is 1. The lowest BCUT2D eigenvalue weighted by Crippen LogP contribution is -2.38. The smallest absolute Gasteiger partial charge is 0.228 e. The molecule has 3 rings (SSSR count). The maximum absolute atomic E-state index is 13.2. The molecule has 0 aliphatic carbocycles. The monoisotopic (exact) mass is 507 g/mol. The van der Waals surface area contributed by atoms with Gasteiger partial charge in [-0.05, 0) is 56.3 Å². The van der Waals surface area contributed by atoms with Crippen LogP contribution in [0.4, 0.5) is 5.13 Å². The summed E-state index contributed by atoms with van der Waals surface area (Å²) in [6.45, 7) is 9.10. The zero-order valence-electron chi connectivity index (χ0n) is 19.3. The highest BCUT2D eigenvalue weighted by molar-refractivity contribution is 7.91. The van der Waals surface area contributed by atoms with Crippen molar-refractivity contribution in [1.82, 2.24) is 9.88 Å². The molecule has 0 bridgehead atoms. The number of fused-ring (bicyclic) bond motifs is 1. The number of nitrogens with zero attached hydrogens (tertiary/aromatic N) is 3. The quantitative estimate of drug-likeness (QED) is 0.357. The highest BCUT2D eigenvalue weighted by atomic mass is 35.5. The van der Waals surface area contributed by atoms with Gasteiger partial charge in [0.15, 0.2) is 15.0 Å². The average molecular weight is 508 g/mol. The summed E-state index contributed by atoms with van der Waals surface area (Å²) in [4.78, 5) is 22.2. The van der Waals surface area contributed by atoms with Crippen molar-refractivity contribution >= 4 is 54.0 Å². The van der Waals surface area contributed by atoms with Crippen LogP contribution in [0.1, 0.15) is 32.3 Å². The molecule has 6 nitrogen and oxygen atoms in total. The van der Waals surface area contributed by atoms with Crippen molar-refractivity contribution in [2.24, 2.45) is 0 Å². The van der Waals surface area contributed by atoms with Crippen molar-refractivity contribution in [2.75, 3.05) is 36.8 Å². The number of halogens is 1. The third-order valence-corrected chi connectivity index (χ3v) is 8.98. The number of amides is 1. The van der Waals surface area contributed by atoms with Gasteiger partial charge in [0.05, 0.1) is 20.9 Å². The van der Waals surface area contributed by atoms with Crippen molar-refractivity contribution in [2.45, 2.75) is 38.5 Å². The van der Waals surface area contributed by atoms with Gasteiger partial charge in [-0.3, -0.25) is 9.69 Å². The van der Waals surface area contributed by atoms with Crippen LogP contribution in [-0.4, -0.2) is 56.1 Å². The molecule has 0 radical (unpaired) electrons. The topological polar surface area (TPSA) is 70.6 Å². The van der Waals surface area contributed by atoms with Crippen molar-refractivity contribution in [3.63, 3.8) is 0 Å². The summed E-state index contributed by atoms with van der Waals surface area (Å²) in [5, 5.41) is 1.27. The van der Waals surface area contributed by atoms with Gasteiger partial charge in [-0.1, -0.05) is 55.0 Å². The first-order valence-corrected chi connectivity index (χ1v) is 14.0. The van der Waals surface area contributed by atoms with Gasteiger partial charge in [0.1, 0.15) is 0 Å². The van der Waals surface area contributed by atoms with E-state index in [4.69, 9.17) is 16.6 Å². The summed E-state index contributed by atoms with van der Waals surface area (Å²) in [6.07, 6.45) is 0.396. The van der Waals surface area contributed by atoms with Crippen LogP contribution in [0.3, 0.4) is 0 Å². The Morgan fingerprint density at radius 2 is 1.76 bits per heavy atom. The van der Waals surface area contributed by atoms with E-state index in [1.807, 2.05) is 19.1 Å². The van der Waals surface area contributed by atoms with Gasteiger partial charge < -0.3 is 4.90 Å². The van der Waals surface area contributed by atoms with Crippen LogP contribution in [0, 0.1) is 6.92 Å². The van der Waals surface area contributed by atoms with Gasteiger partial charge in [0.2, 0.25) is 5.91 Å². The molecule has 0 aliphatic rings. The summed E-state index contributed by atoms with van der Waals surface area (Å²) in [5.74, 6) is -0.186. The number of likely N-dealkylation sites (N-methyl/N-ethyl adjacent to an activating group) is 1. The van der Waals surface area contributed by atoms with Gasteiger partial charge in [0.25, 0.3) is 0 Å². The Labute approximate surface area is 205 Å². The second-order valence-corrected chi connectivity index (χ2v) is 11.3. The maximum atomic E-state index is 13.2. The second-order valence-electron chi connectivity index (χ2n) is 7.82. The number of carbonyl (C=O) groups excluding carboxylic acids is 1. The molecule has 0 saturated heterocycles. The van der Waals surface area contributed by atoms with E-state index in [1.165, 1.54) is 11.3 Å². The van der Waals surface area contributed by atoms with E-state index in [9.17, 15) is 13.2 Å². The molecule has 0 fully saturated rings. The summed E-state index contributed by atoms with van der Waals surface area (Å²) < 4.78 is 26.1. The molecular weight excluding hydrogens is 478 g/mol. The molecule has 9 heteroatoms. The Bertz CT molecular complexity index is 1190. The Morgan fingerprint density at radius 3 is 2.42 bits per heavy atom. The molecule has 1 heterocycles. The zero-order valence-corrected chi connectivity index (χ0v) is 21.6. The fourth-order valence-electron chi connectivity index (χ4n) is 3.61. The molecule has 3 aromatic rings. The van der Waals surface area contributed by atoms with E-state index in [2.05, 4.69) is 18.7 Å². The lowest BCUT2D eigenvalue weighted by Gasteiger charge is -2.24. The van der Waals surface area contributed by atoms with E-state index in [1.54, 1.807) is 35.2 Å². The van der Waals surface area contributed by atoms with E-state index in [0.717, 1.165) is 35.4 Å². The van der Waals surface area contributed by atoms with Crippen LogP contribution in [-0.2, 0) is 14.6 Å². The predicted molar refractivity (Wildman–Crippen MR) is 137 cm³/mol. The summed E-state index contributed by atoms with van der Waals surface area (Å²) in [6, 6.07) is 12.1. The van der Waals surface area contributed by atoms with Crippen molar-refractivity contribution in [3.05, 3.63) is 53.1 Å². The van der Waals surface area contributed by atoms with Crippen LogP contribution < -0.4 is 4.90 Å². The standard InChI is InChI=1S/C24H30ClN3O3S2/c1-4-27(5-2)15-16-28(24-26-23-18(3)20(25)13-14-21(23)32-24)22(29)12-9-17-33(30,31)19-10-7-6-8-11-19/h6-8,10-11,13-14H,4-5,9,12,15-17H2,1-3H3. The van der Waals surface area contributed by atoms with Crippen LogP contribution in [0.2, 0.25) is 5.02 Å². The Hall–Kier alpha value is -2.00. The lowest BCUT2D eigenvalue weighted by molar-refractivity contribution is -0.118. The average Bonchev–Trinajstić information content (AvgIpc) is 3.24. The Balaban J connectivity index is 1.77. The Morgan fingerprint density at radius 1 is 1.06 bits per heavy atom. The molecule has 2 aromatic carbocycles. The number of rotatable bonds is 11. The number of hydrogen-bond acceptors (Lipinski definition) is 6. The molecule has 178 valence electrons. The molecule has 0 aliphatic heterocycles. The number of sulfone groups is 1. The lowest BCUT2D eigenvalue weighted by atomic mass is 10.2. The number of thiazole rings is 1. The fraction of sp³-hybridized carbons (Fsp3) is 0.417. The first kappa shape index (κ1) is 25.6. The van der Waals surface area contributed by atoms with E-state index >= 15 is 0 Å². The first-order chi connectivity index (χ1) is 15.8. The number of anilines is 1. The fourth-order valence-corrected chi connectivity index (χ4v) is 6.16. The molecule has 33 heavy (non-hydrogen) atoms. The molecule has 1 aromatic heterocycles.